The van der Waals surface area contributed by atoms with Crippen LogP contribution in [0.4, 0.5) is 0 Å². The minimum atomic E-state index is 0.944. The maximum Gasteiger partial charge on any atom is 0.0377 e. The van der Waals surface area contributed by atoms with E-state index in [1.807, 2.05) is 11.3 Å². The van der Waals surface area contributed by atoms with Gasteiger partial charge >= 0.3 is 0 Å². The van der Waals surface area contributed by atoms with Crippen LogP contribution in [0.1, 0.15) is 16.0 Å². The molecule has 0 bridgehead atoms. The first-order chi connectivity index (χ1) is 6.22. The standard InChI is InChI=1S/C11H11BrS/c1-7-3-4-9(6-12)10-5-8(2)13-11(7)10/h3-5H,6H2,1-2H3. The Morgan fingerprint density at radius 3 is 2.77 bits per heavy atom. The van der Waals surface area contributed by atoms with Gasteiger partial charge in [-0.15, -0.1) is 11.3 Å². The van der Waals surface area contributed by atoms with Crippen molar-refractivity contribution in [1.29, 1.82) is 0 Å². The van der Waals surface area contributed by atoms with Crippen molar-refractivity contribution in [2.45, 2.75) is 19.2 Å². The van der Waals surface area contributed by atoms with Crippen LogP contribution in [0.25, 0.3) is 10.1 Å². The molecule has 68 valence electrons. The number of benzene rings is 1. The maximum atomic E-state index is 3.52. The monoisotopic (exact) mass is 254 g/mol. The van der Waals surface area contributed by atoms with Gasteiger partial charge in [-0.2, -0.15) is 0 Å². The van der Waals surface area contributed by atoms with Gasteiger partial charge < -0.3 is 0 Å². The fourth-order valence-corrected chi connectivity index (χ4v) is 3.07. The van der Waals surface area contributed by atoms with Crippen LogP contribution < -0.4 is 0 Å². The zero-order chi connectivity index (χ0) is 9.42. The molecule has 2 aromatic rings. The number of fused-ring (bicyclic) bond motifs is 1. The van der Waals surface area contributed by atoms with Crippen molar-refractivity contribution in [2.24, 2.45) is 0 Å². The van der Waals surface area contributed by atoms with Gasteiger partial charge in [0.25, 0.3) is 0 Å². The normalized spacial score (nSPS) is 11.0. The molecule has 0 nitrogen and oxygen atoms in total. The van der Waals surface area contributed by atoms with Crippen LogP contribution >= 0.6 is 27.3 Å². The molecule has 13 heavy (non-hydrogen) atoms. The lowest BCUT2D eigenvalue weighted by atomic mass is 10.1. The highest BCUT2D eigenvalue weighted by molar-refractivity contribution is 9.08. The van der Waals surface area contributed by atoms with Crippen LogP contribution in [-0.4, -0.2) is 0 Å². The quantitative estimate of drug-likeness (QED) is 0.662. The maximum absolute atomic E-state index is 3.52. The largest absolute Gasteiger partial charge is 0.140 e. The molecule has 0 radical (unpaired) electrons. The van der Waals surface area contributed by atoms with Crippen molar-refractivity contribution in [3.63, 3.8) is 0 Å². The molecule has 1 aromatic carbocycles. The van der Waals surface area contributed by atoms with E-state index in [0.29, 0.717) is 0 Å². The van der Waals surface area contributed by atoms with Crippen LogP contribution in [-0.2, 0) is 5.33 Å². The zero-order valence-corrected chi connectivity index (χ0v) is 10.1. The molecule has 0 fully saturated rings. The van der Waals surface area contributed by atoms with Gasteiger partial charge in [-0.05, 0) is 36.4 Å². The van der Waals surface area contributed by atoms with E-state index in [2.05, 4.69) is 48.0 Å². The molecule has 0 aliphatic carbocycles. The Morgan fingerprint density at radius 1 is 1.31 bits per heavy atom. The van der Waals surface area contributed by atoms with Gasteiger partial charge in [-0.3, -0.25) is 0 Å². The van der Waals surface area contributed by atoms with E-state index in [-0.39, 0.29) is 0 Å². The molecule has 0 atom stereocenters. The molecule has 0 saturated heterocycles. The molecule has 1 aromatic heterocycles. The van der Waals surface area contributed by atoms with E-state index in [1.165, 1.54) is 26.1 Å². The Bertz CT molecular complexity index is 443. The Balaban J connectivity index is 2.83. The van der Waals surface area contributed by atoms with Crippen molar-refractivity contribution in [3.05, 3.63) is 34.2 Å². The van der Waals surface area contributed by atoms with E-state index in [1.54, 1.807) is 0 Å². The van der Waals surface area contributed by atoms with E-state index in [9.17, 15) is 0 Å². The highest BCUT2D eigenvalue weighted by Crippen LogP contribution is 2.31. The summed E-state index contributed by atoms with van der Waals surface area (Å²) in [7, 11) is 0. The van der Waals surface area contributed by atoms with Gasteiger partial charge in [-0.1, -0.05) is 28.1 Å². The number of alkyl halides is 1. The summed E-state index contributed by atoms with van der Waals surface area (Å²) in [6.45, 7) is 4.35. The van der Waals surface area contributed by atoms with Gasteiger partial charge in [0.05, 0.1) is 0 Å². The number of rotatable bonds is 1. The third-order valence-corrected chi connectivity index (χ3v) is 4.03. The summed E-state index contributed by atoms with van der Waals surface area (Å²) >= 11 is 5.40. The van der Waals surface area contributed by atoms with Crippen molar-refractivity contribution >= 4 is 37.4 Å². The summed E-state index contributed by atoms with van der Waals surface area (Å²) in [5.74, 6) is 0. The summed E-state index contributed by atoms with van der Waals surface area (Å²) in [4.78, 5) is 1.39. The Morgan fingerprint density at radius 2 is 2.08 bits per heavy atom. The fourth-order valence-electron chi connectivity index (χ4n) is 1.55. The van der Waals surface area contributed by atoms with E-state index in [0.717, 1.165) is 5.33 Å². The molecule has 0 aliphatic heterocycles. The fraction of sp³-hybridized carbons (Fsp3) is 0.273. The van der Waals surface area contributed by atoms with Gasteiger partial charge in [0, 0.05) is 14.9 Å². The molecule has 1 heterocycles. The second-order valence-corrected chi connectivity index (χ2v) is 5.09. The molecule has 0 amide bonds. The molecule has 0 saturated carbocycles. The second kappa shape index (κ2) is 3.43. The third-order valence-electron chi connectivity index (χ3n) is 2.24. The number of aryl methyl sites for hydroxylation is 2. The summed E-state index contributed by atoms with van der Waals surface area (Å²) in [6.07, 6.45) is 0. The van der Waals surface area contributed by atoms with Crippen LogP contribution in [0.2, 0.25) is 0 Å². The number of hydrogen-bond donors (Lipinski definition) is 0. The minimum absolute atomic E-state index is 0.944. The first-order valence-corrected chi connectivity index (χ1v) is 6.21. The first kappa shape index (κ1) is 9.22. The van der Waals surface area contributed by atoms with Crippen molar-refractivity contribution in [3.8, 4) is 0 Å². The SMILES string of the molecule is Cc1cc2c(CBr)ccc(C)c2s1. The van der Waals surface area contributed by atoms with Crippen LogP contribution in [0.15, 0.2) is 18.2 Å². The van der Waals surface area contributed by atoms with E-state index >= 15 is 0 Å². The average Bonchev–Trinajstić information content (AvgIpc) is 2.48. The minimum Gasteiger partial charge on any atom is -0.140 e. The van der Waals surface area contributed by atoms with Gasteiger partial charge in [0.2, 0.25) is 0 Å². The van der Waals surface area contributed by atoms with Crippen LogP contribution in [0.5, 0.6) is 0 Å². The summed E-state index contributed by atoms with van der Waals surface area (Å²) < 4.78 is 1.44. The Labute approximate surface area is 90.7 Å². The molecule has 0 N–H and O–H groups in total. The predicted molar refractivity (Wildman–Crippen MR) is 63.9 cm³/mol. The highest BCUT2D eigenvalue weighted by Gasteiger charge is 2.05. The molecular weight excluding hydrogens is 244 g/mol. The van der Waals surface area contributed by atoms with Gasteiger partial charge in [-0.25, -0.2) is 0 Å². The average molecular weight is 255 g/mol. The van der Waals surface area contributed by atoms with E-state index in [4.69, 9.17) is 0 Å². The van der Waals surface area contributed by atoms with E-state index < -0.39 is 0 Å². The number of hydrogen-bond acceptors (Lipinski definition) is 1. The smallest absolute Gasteiger partial charge is 0.0377 e. The van der Waals surface area contributed by atoms with Gasteiger partial charge in [0.15, 0.2) is 0 Å². The Hall–Kier alpha value is -0.340. The number of halogens is 1. The van der Waals surface area contributed by atoms with Crippen LogP contribution in [0, 0.1) is 13.8 Å². The summed E-state index contributed by atoms with van der Waals surface area (Å²) in [5, 5.41) is 2.36. The summed E-state index contributed by atoms with van der Waals surface area (Å²) in [6, 6.07) is 6.69. The van der Waals surface area contributed by atoms with Crippen molar-refractivity contribution in [1.82, 2.24) is 0 Å². The summed E-state index contributed by atoms with van der Waals surface area (Å²) in [5.41, 5.74) is 2.78. The van der Waals surface area contributed by atoms with Crippen molar-refractivity contribution < 1.29 is 0 Å². The molecule has 0 spiro atoms. The lowest BCUT2D eigenvalue weighted by Gasteiger charge is -2.00. The predicted octanol–water partition coefficient (Wildman–Crippen LogP) is 4.41. The lowest BCUT2D eigenvalue weighted by Crippen LogP contribution is -1.79. The Kier molecular flexibility index (Phi) is 2.43. The highest BCUT2D eigenvalue weighted by atomic mass is 79.9. The second-order valence-electron chi connectivity index (χ2n) is 3.28. The number of thiophene rings is 1. The lowest BCUT2D eigenvalue weighted by molar-refractivity contribution is 1.45. The molecular formula is C11H11BrS. The third kappa shape index (κ3) is 1.53. The molecule has 0 aliphatic rings. The topological polar surface area (TPSA) is 0 Å². The first-order valence-electron chi connectivity index (χ1n) is 4.27. The zero-order valence-electron chi connectivity index (χ0n) is 7.73. The van der Waals surface area contributed by atoms with Crippen molar-refractivity contribution in [2.75, 3.05) is 0 Å². The molecule has 2 heteroatoms. The van der Waals surface area contributed by atoms with Gasteiger partial charge in [0.1, 0.15) is 0 Å². The van der Waals surface area contributed by atoms with Crippen LogP contribution in [0.3, 0.4) is 0 Å². The molecule has 2 rings (SSSR count). The molecule has 0 unspecified atom stereocenters.